The third-order valence-electron chi connectivity index (χ3n) is 3.53. The van der Waals surface area contributed by atoms with Crippen LogP contribution in [-0.2, 0) is 16.6 Å². The van der Waals surface area contributed by atoms with Crippen LogP contribution < -0.4 is 21.3 Å². The highest BCUT2D eigenvalue weighted by Gasteiger charge is 2.15. The number of anilines is 3. The number of hydrazine groups is 1. The Bertz CT molecular complexity index is 972. The second-order valence-electron chi connectivity index (χ2n) is 5.46. The number of aromatic nitrogens is 2. The number of nitrogen functional groups attached to an aromatic ring is 1. The number of rotatable bonds is 7. The third kappa shape index (κ3) is 4.10. The molecule has 26 heavy (non-hydrogen) atoms. The van der Waals surface area contributed by atoms with Gasteiger partial charge in [0.2, 0.25) is 0 Å². The fourth-order valence-electron chi connectivity index (χ4n) is 2.11. The number of nitrogens with zero attached hydrogens (tertiary/aromatic N) is 2. The summed E-state index contributed by atoms with van der Waals surface area (Å²) >= 11 is 0. The van der Waals surface area contributed by atoms with Gasteiger partial charge in [-0.05, 0) is 31.2 Å². The molecule has 2 aromatic heterocycles. The average molecular weight is 374 g/mol. The summed E-state index contributed by atoms with van der Waals surface area (Å²) in [6, 6.07) is 10.0. The maximum atomic E-state index is 12.3. The van der Waals surface area contributed by atoms with E-state index in [1.54, 1.807) is 30.5 Å². The monoisotopic (exact) mass is 374 g/mol. The molecule has 0 bridgehead atoms. The normalized spacial score (nSPS) is 11.3. The van der Waals surface area contributed by atoms with Crippen molar-refractivity contribution < 1.29 is 12.8 Å². The van der Waals surface area contributed by atoms with Crippen LogP contribution in [0.1, 0.15) is 11.3 Å². The van der Waals surface area contributed by atoms with Crippen LogP contribution in [0.25, 0.3) is 0 Å². The minimum atomic E-state index is -3.77. The largest absolute Gasteiger partial charge is 0.467 e. The molecule has 136 valence electrons. The lowest BCUT2D eigenvalue weighted by atomic mass is 10.2. The summed E-state index contributed by atoms with van der Waals surface area (Å²) in [5.41, 5.74) is 9.65. The Kier molecular flexibility index (Phi) is 5.05. The standard InChI is InChI=1S/C16H18N6O3S/c1-11-4-6-13(7-5-11)26(23,24)22-21-16-14(17)15(19-10-20-16)18-9-12-3-2-8-25-12/h2-8,10,22H,9,17H2,1H3,(H2,18,19,20,21). The molecule has 0 amide bonds. The summed E-state index contributed by atoms with van der Waals surface area (Å²) in [6.07, 6.45) is 2.83. The highest BCUT2D eigenvalue weighted by atomic mass is 32.2. The van der Waals surface area contributed by atoms with Crippen molar-refractivity contribution in [3.8, 4) is 0 Å². The summed E-state index contributed by atoms with van der Waals surface area (Å²) in [7, 11) is -3.77. The molecule has 2 heterocycles. The lowest BCUT2D eigenvalue weighted by Gasteiger charge is -2.13. The number of hydrogen-bond acceptors (Lipinski definition) is 8. The Morgan fingerprint density at radius 3 is 2.54 bits per heavy atom. The SMILES string of the molecule is Cc1ccc(S(=O)(=O)NNc2ncnc(NCc3ccco3)c2N)cc1. The van der Waals surface area contributed by atoms with Crippen molar-refractivity contribution in [1.82, 2.24) is 14.8 Å². The van der Waals surface area contributed by atoms with Crippen molar-refractivity contribution in [3.63, 3.8) is 0 Å². The lowest BCUT2D eigenvalue weighted by molar-refractivity contribution is 0.518. The molecule has 0 spiro atoms. The quantitative estimate of drug-likeness (QED) is 0.460. The second-order valence-corrected chi connectivity index (χ2v) is 7.14. The fourth-order valence-corrected chi connectivity index (χ4v) is 2.96. The summed E-state index contributed by atoms with van der Waals surface area (Å²) in [5, 5.41) is 3.00. The zero-order chi connectivity index (χ0) is 18.6. The van der Waals surface area contributed by atoms with Crippen molar-refractivity contribution in [2.75, 3.05) is 16.5 Å². The van der Waals surface area contributed by atoms with E-state index in [1.807, 2.05) is 6.92 Å². The van der Waals surface area contributed by atoms with Gasteiger partial charge in [-0.15, -0.1) is 4.83 Å². The molecule has 0 radical (unpaired) electrons. The van der Waals surface area contributed by atoms with Crippen molar-refractivity contribution in [1.29, 1.82) is 0 Å². The Hall–Kier alpha value is -3.11. The number of nitrogens with one attached hydrogen (secondary N) is 3. The van der Waals surface area contributed by atoms with Gasteiger partial charge < -0.3 is 15.5 Å². The predicted octanol–water partition coefficient (Wildman–Crippen LogP) is 1.88. The molecule has 0 aliphatic rings. The van der Waals surface area contributed by atoms with E-state index in [1.165, 1.54) is 18.5 Å². The first-order valence-electron chi connectivity index (χ1n) is 7.67. The highest BCUT2D eigenvalue weighted by molar-refractivity contribution is 7.89. The van der Waals surface area contributed by atoms with Crippen LogP contribution in [0.4, 0.5) is 17.3 Å². The van der Waals surface area contributed by atoms with Crippen molar-refractivity contribution in [3.05, 3.63) is 60.3 Å². The van der Waals surface area contributed by atoms with Gasteiger partial charge in [0.25, 0.3) is 10.0 Å². The Labute approximate surface area is 150 Å². The first-order chi connectivity index (χ1) is 12.5. The molecule has 0 atom stereocenters. The van der Waals surface area contributed by atoms with E-state index in [9.17, 15) is 8.42 Å². The molecule has 0 aliphatic carbocycles. The van der Waals surface area contributed by atoms with Gasteiger partial charge in [-0.3, -0.25) is 5.43 Å². The van der Waals surface area contributed by atoms with E-state index < -0.39 is 10.0 Å². The van der Waals surface area contributed by atoms with Gasteiger partial charge in [0.15, 0.2) is 11.6 Å². The van der Waals surface area contributed by atoms with Crippen molar-refractivity contribution in [2.45, 2.75) is 18.4 Å². The molecule has 0 unspecified atom stereocenters. The Morgan fingerprint density at radius 1 is 1.12 bits per heavy atom. The van der Waals surface area contributed by atoms with Crippen LogP contribution in [0, 0.1) is 6.92 Å². The molecule has 3 aromatic rings. The minimum Gasteiger partial charge on any atom is -0.467 e. The number of aryl methyl sites for hydroxylation is 1. The van der Waals surface area contributed by atoms with Crippen molar-refractivity contribution >= 4 is 27.3 Å². The summed E-state index contributed by atoms with van der Waals surface area (Å²) in [4.78, 5) is 10.4. The molecule has 0 saturated carbocycles. The van der Waals surface area contributed by atoms with Crippen LogP contribution in [0.15, 0.2) is 58.3 Å². The molecule has 0 saturated heterocycles. The van der Waals surface area contributed by atoms with Crippen molar-refractivity contribution in [2.24, 2.45) is 0 Å². The maximum absolute atomic E-state index is 12.3. The predicted molar refractivity (Wildman–Crippen MR) is 97.6 cm³/mol. The third-order valence-corrected chi connectivity index (χ3v) is 4.79. The second kappa shape index (κ2) is 7.42. The highest BCUT2D eigenvalue weighted by Crippen LogP contribution is 2.22. The molecule has 9 nitrogen and oxygen atoms in total. The minimum absolute atomic E-state index is 0.124. The van der Waals surface area contributed by atoms with Crippen LogP contribution in [0.2, 0.25) is 0 Å². The number of sulfonamides is 1. The summed E-state index contributed by atoms with van der Waals surface area (Å²) < 4.78 is 29.8. The Balaban J connectivity index is 1.69. The van der Waals surface area contributed by atoms with Crippen LogP contribution in [0.5, 0.6) is 0 Å². The van der Waals surface area contributed by atoms with Gasteiger partial charge in [-0.2, -0.15) is 0 Å². The van der Waals surface area contributed by atoms with E-state index >= 15 is 0 Å². The van der Waals surface area contributed by atoms with E-state index in [-0.39, 0.29) is 16.4 Å². The van der Waals surface area contributed by atoms with E-state index in [4.69, 9.17) is 10.2 Å². The molecular formula is C16H18N6O3S. The van der Waals surface area contributed by atoms with Crippen LogP contribution >= 0.6 is 0 Å². The van der Waals surface area contributed by atoms with Gasteiger partial charge in [-0.25, -0.2) is 18.4 Å². The van der Waals surface area contributed by atoms with Gasteiger partial charge in [0.1, 0.15) is 17.8 Å². The van der Waals surface area contributed by atoms with Crippen LogP contribution in [0.3, 0.4) is 0 Å². The van der Waals surface area contributed by atoms with Gasteiger partial charge in [-0.1, -0.05) is 17.7 Å². The molecule has 0 aliphatic heterocycles. The topological polar surface area (TPSA) is 135 Å². The van der Waals surface area contributed by atoms with E-state index in [0.717, 1.165) is 5.56 Å². The average Bonchev–Trinajstić information content (AvgIpc) is 3.14. The van der Waals surface area contributed by atoms with Gasteiger partial charge >= 0.3 is 0 Å². The van der Waals surface area contributed by atoms with E-state index in [0.29, 0.717) is 18.1 Å². The summed E-state index contributed by atoms with van der Waals surface area (Å²) in [5.74, 6) is 1.20. The number of furan rings is 1. The number of nitrogens with two attached hydrogens (primary N) is 1. The first-order valence-corrected chi connectivity index (χ1v) is 9.15. The lowest BCUT2D eigenvalue weighted by Crippen LogP contribution is -2.30. The smallest absolute Gasteiger partial charge is 0.257 e. The maximum Gasteiger partial charge on any atom is 0.257 e. The Morgan fingerprint density at radius 2 is 1.85 bits per heavy atom. The van der Waals surface area contributed by atoms with E-state index in [2.05, 4.69) is 25.5 Å². The zero-order valence-electron chi connectivity index (χ0n) is 13.9. The molecular weight excluding hydrogens is 356 g/mol. The summed E-state index contributed by atoms with van der Waals surface area (Å²) in [6.45, 7) is 2.25. The fraction of sp³-hybridized carbons (Fsp3) is 0.125. The molecule has 3 rings (SSSR count). The first kappa shape index (κ1) is 17.7. The molecule has 5 N–H and O–H groups in total. The van der Waals surface area contributed by atoms with Gasteiger partial charge in [0.05, 0.1) is 17.7 Å². The molecule has 10 heteroatoms. The molecule has 1 aromatic carbocycles. The number of benzene rings is 1. The number of hydrogen-bond donors (Lipinski definition) is 4. The zero-order valence-corrected chi connectivity index (χ0v) is 14.7. The van der Waals surface area contributed by atoms with Crippen LogP contribution in [-0.4, -0.2) is 18.4 Å². The van der Waals surface area contributed by atoms with Gasteiger partial charge in [0, 0.05) is 0 Å². The molecule has 0 fully saturated rings.